The molecule has 22 heteroatoms. The van der Waals surface area contributed by atoms with Crippen molar-refractivity contribution in [3.8, 4) is 53.4 Å². The second-order valence-electron chi connectivity index (χ2n) is 14.2. The van der Waals surface area contributed by atoms with Gasteiger partial charge in [0.25, 0.3) is 0 Å². The molecule has 4 aromatic carbocycles. The molecular formula is C43H33F6N7O5S4. The number of benzene rings is 4. The summed E-state index contributed by atoms with van der Waals surface area (Å²) >= 11 is 2.43. The molecule has 4 heterocycles. The van der Waals surface area contributed by atoms with E-state index in [9.17, 15) is 48.0 Å². The number of halogens is 6. The van der Waals surface area contributed by atoms with Crippen LogP contribution >= 0.6 is 22.7 Å². The Labute approximate surface area is 375 Å². The second-order valence-corrected chi connectivity index (χ2v) is 20.4. The molecule has 0 unspecified atom stereocenters. The minimum absolute atomic E-state index is 0.142. The fourth-order valence-corrected chi connectivity index (χ4v) is 9.66. The van der Waals surface area contributed by atoms with Crippen LogP contribution in [0, 0.1) is 0 Å². The van der Waals surface area contributed by atoms with Gasteiger partial charge in [-0.05, 0) is 108 Å². The van der Waals surface area contributed by atoms with Gasteiger partial charge in [0.15, 0.2) is 31.1 Å². The fraction of sp³-hybridized carbons (Fsp3) is 0.0930. The highest BCUT2D eigenvalue weighted by Gasteiger charge is 2.37. The van der Waals surface area contributed by atoms with Gasteiger partial charge >= 0.3 is 18.4 Å². The number of sulfone groups is 2. The topological polar surface area (TPSA) is 185 Å². The summed E-state index contributed by atoms with van der Waals surface area (Å²) in [4.78, 5) is 13.9. The molecule has 0 aliphatic heterocycles. The Kier molecular flexibility index (Phi) is 12.6. The molecule has 0 aliphatic carbocycles. The van der Waals surface area contributed by atoms with Gasteiger partial charge in [-0.2, -0.15) is 36.5 Å². The first-order valence-corrected chi connectivity index (χ1v) is 24.0. The quantitative estimate of drug-likeness (QED) is 0.0942. The van der Waals surface area contributed by atoms with E-state index in [2.05, 4.69) is 15.5 Å². The van der Waals surface area contributed by atoms with Crippen LogP contribution in [-0.4, -0.2) is 54.9 Å². The number of anilines is 2. The number of nitrogens with zero attached hydrogens (tertiary/aromatic N) is 4. The van der Waals surface area contributed by atoms with Gasteiger partial charge in [0, 0.05) is 33.6 Å². The van der Waals surface area contributed by atoms with E-state index < -0.39 is 49.4 Å². The number of urea groups is 1. The van der Waals surface area contributed by atoms with E-state index in [1.54, 1.807) is 97.1 Å². The van der Waals surface area contributed by atoms with Crippen molar-refractivity contribution in [3.63, 3.8) is 0 Å². The van der Waals surface area contributed by atoms with Gasteiger partial charge in [-0.25, -0.2) is 31.0 Å². The zero-order valence-corrected chi connectivity index (χ0v) is 36.9. The number of aromatic nitrogens is 4. The van der Waals surface area contributed by atoms with Crippen LogP contribution < -0.4 is 16.8 Å². The summed E-state index contributed by atoms with van der Waals surface area (Å²) in [6.45, 7) is 0. The Morgan fingerprint density at radius 2 is 0.985 bits per heavy atom. The van der Waals surface area contributed by atoms with Gasteiger partial charge in [0.1, 0.15) is 0 Å². The maximum absolute atomic E-state index is 13.5. The van der Waals surface area contributed by atoms with Crippen LogP contribution in [0.1, 0.15) is 11.4 Å². The number of rotatable bonds is 9. The molecule has 0 fully saturated rings. The molecule has 5 N–H and O–H groups in total. The van der Waals surface area contributed by atoms with Crippen molar-refractivity contribution >= 4 is 59.8 Å². The Hall–Kier alpha value is -6.75. The molecular weight excluding hydrogens is 937 g/mol. The standard InChI is InChI=1S/C22H17F3N4O3S2.C21H16F3N3O2S2/c1-34(31,32)16-7-2-4-13(10-16)18-8-9-19(33-18)17-12-20(22(23,24)25)28-29(17)15-6-3-5-14(11-15)27-21(26)30;1-31(28,29)16-7-2-4-13(10-16)18-8-9-19(30-18)17-12-20(21(22,23)24)26-27(17)15-6-3-5-14(25)11-15/h2-12H,1H3,(H3,26,27,30);2-12H,25H2,1H3. The molecule has 8 aromatic rings. The SMILES string of the molecule is CS(=O)(=O)c1cccc(-c2ccc(-c3cc(C(F)(F)F)nn3-c3cccc(N)c3)s2)c1.CS(=O)(=O)c1cccc(-c2ccc(-c3cc(C(F)(F)F)nn3-c3cccc(NC(N)=O)c3)s2)c1. The van der Waals surface area contributed by atoms with Crippen LogP contribution in [0.4, 0.5) is 42.5 Å². The van der Waals surface area contributed by atoms with E-state index in [1.807, 2.05) is 0 Å². The molecule has 0 radical (unpaired) electrons. The highest BCUT2D eigenvalue weighted by molar-refractivity contribution is 7.91. The van der Waals surface area contributed by atoms with Crippen LogP contribution in [0.5, 0.6) is 0 Å². The summed E-state index contributed by atoms with van der Waals surface area (Å²) in [7, 11) is -6.81. The predicted molar refractivity (Wildman–Crippen MR) is 238 cm³/mol. The first-order valence-electron chi connectivity index (χ1n) is 18.6. The number of amides is 2. The first-order chi connectivity index (χ1) is 30.4. The smallest absolute Gasteiger partial charge is 0.399 e. The molecule has 4 aromatic heterocycles. The summed E-state index contributed by atoms with van der Waals surface area (Å²) in [5.41, 5.74) is 11.9. The van der Waals surface area contributed by atoms with E-state index in [-0.39, 0.29) is 26.9 Å². The monoisotopic (exact) mass is 969 g/mol. The van der Waals surface area contributed by atoms with Crippen LogP contribution in [0.25, 0.3) is 53.4 Å². The number of nitrogens with two attached hydrogens (primary N) is 2. The normalized spacial score (nSPS) is 12.1. The summed E-state index contributed by atoms with van der Waals surface area (Å²) < 4.78 is 130. The largest absolute Gasteiger partial charge is 0.435 e. The van der Waals surface area contributed by atoms with Crippen molar-refractivity contribution < 1.29 is 48.0 Å². The number of primary amides is 1. The Bertz CT molecular complexity index is 3300. The number of nitrogens with one attached hydrogen (secondary N) is 1. The lowest BCUT2D eigenvalue weighted by Crippen LogP contribution is -2.19. The number of nitrogen functional groups attached to an aromatic ring is 1. The minimum Gasteiger partial charge on any atom is -0.399 e. The molecule has 12 nitrogen and oxygen atoms in total. The Morgan fingerprint density at radius 3 is 1.40 bits per heavy atom. The summed E-state index contributed by atoms with van der Waals surface area (Å²) in [5, 5.41) is 9.90. The number of thiophene rings is 2. The van der Waals surface area contributed by atoms with Crippen LogP contribution in [0.2, 0.25) is 0 Å². The molecule has 336 valence electrons. The van der Waals surface area contributed by atoms with Crippen molar-refractivity contribution in [2.45, 2.75) is 22.1 Å². The van der Waals surface area contributed by atoms with Crippen molar-refractivity contribution in [1.82, 2.24) is 19.6 Å². The van der Waals surface area contributed by atoms with Crippen LogP contribution in [0.3, 0.4) is 0 Å². The van der Waals surface area contributed by atoms with E-state index in [1.165, 1.54) is 51.6 Å². The van der Waals surface area contributed by atoms with Gasteiger partial charge in [-0.1, -0.05) is 36.4 Å². The molecule has 0 saturated carbocycles. The number of alkyl halides is 6. The first kappa shape index (κ1) is 46.2. The average Bonchev–Trinajstić information content (AvgIpc) is 4.06. The highest BCUT2D eigenvalue weighted by Crippen LogP contribution is 2.41. The van der Waals surface area contributed by atoms with E-state index in [0.717, 1.165) is 34.2 Å². The van der Waals surface area contributed by atoms with Crippen molar-refractivity contribution in [3.05, 3.63) is 145 Å². The average molecular weight is 970 g/mol. The maximum Gasteiger partial charge on any atom is 0.435 e. The lowest BCUT2D eigenvalue weighted by atomic mass is 10.2. The predicted octanol–water partition coefficient (Wildman–Crippen LogP) is 10.5. The zero-order valence-electron chi connectivity index (χ0n) is 33.6. The van der Waals surface area contributed by atoms with E-state index >= 15 is 0 Å². The summed E-state index contributed by atoms with van der Waals surface area (Å²) in [6.07, 6.45) is -7.06. The zero-order chi connectivity index (χ0) is 47.1. The summed E-state index contributed by atoms with van der Waals surface area (Å²) in [6, 6.07) is 33.2. The third-order valence-corrected chi connectivity index (χ3v) is 13.8. The molecule has 2 amide bonds. The van der Waals surface area contributed by atoms with Gasteiger partial charge < -0.3 is 16.8 Å². The lowest BCUT2D eigenvalue weighted by molar-refractivity contribution is -0.142. The van der Waals surface area contributed by atoms with Gasteiger partial charge in [-0.15, -0.1) is 22.7 Å². The third kappa shape index (κ3) is 10.8. The number of hydrogen-bond acceptors (Lipinski definition) is 10. The molecule has 0 bridgehead atoms. The number of hydrogen-bond donors (Lipinski definition) is 3. The minimum atomic E-state index is -4.67. The number of carbonyl (C=O) groups is 1. The highest BCUT2D eigenvalue weighted by atomic mass is 32.2. The molecule has 65 heavy (non-hydrogen) atoms. The van der Waals surface area contributed by atoms with E-state index in [4.69, 9.17) is 11.5 Å². The van der Waals surface area contributed by atoms with Crippen molar-refractivity contribution in [2.24, 2.45) is 5.73 Å². The molecule has 8 rings (SSSR count). The van der Waals surface area contributed by atoms with Gasteiger partial charge in [-0.3, -0.25) is 0 Å². The second kappa shape index (κ2) is 17.7. The van der Waals surface area contributed by atoms with Crippen molar-refractivity contribution in [1.29, 1.82) is 0 Å². The fourth-order valence-electron chi connectivity index (χ4n) is 6.32. The molecule has 0 spiro atoms. The third-order valence-electron chi connectivity index (χ3n) is 9.28. The lowest BCUT2D eigenvalue weighted by Gasteiger charge is -2.09. The Morgan fingerprint density at radius 1 is 0.569 bits per heavy atom. The summed E-state index contributed by atoms with van der Waals surface area (Å²) in [5.74, 6) is 0. The number of carbonyl (C=O) groups excluding carboxylic acids is 1. The van der Waals surface area contributed by atoms with Gasteiger partial charge in [0.05, 0.1) is 42.3 Å². The maximum atomic E-state index is 13.5. The van der Waals surface area contributed by atoms with Gasteiger partial charge in [0.2, 0.25) is 0 Å². The molecule has 0 atom stereocenters. The Balaban J connectivity index is 0.000000195. The molecule has 0 aliphatic rings. The van der Waals surface area contributed by atoms with E-state index in [0.29, 0.717) is 42.8 Å². The van der Waals surface area contributed by atoms with Crippen LogP contribution in [0.15, 0.2) is 143 Å². The van der Waals surface area contributed by atoms with Crippen molar-refractivity contribution in [2.75, 3.05) is 23.6 Å². The van der Waals surface area contributed by atoms with Crippen LogP contribution in [-0.2, 0) is 32.0 Å². The molecule has 0 saturated heterocycles.